The van der Waals surface area contributed by atoms with Crippen LogP contribution in [-0.2, 0) is 10.3 Å². The summed E-state index contributed by atoms with van der Waals surface area (Å²) in [6, 6.07) is 8.03. The van der Waals surface area contributed by atoms with Gasteiger partial charge < -0.3 is 14.5 Å². The van der Waals surface area contributed by atoms with Crippen LogP contribution in [0.5, 0.6) is 0 Å². The van der Waals surface area contributed by atoms with Crippen molar-refractivity contribution in [3.05, 3.63) is 59.3 Å². The van der Waals surface area contributed by atoms with Crippen molar-refractivity contribution in [2.24, 2.45) is 0 Å². The zero-order chi connectivity index (χ0) is 15.6. The van der Waals surface area contributed by atoms with Crippen molar-refractivity contribution in [1.29, 1.82) is 0 Å². The van der Waals surface area contributed by atoms with Gasteiger partial charge in [0.05, 0.1) is 17.4 Å². The summed E-state index contributed by atoms with van der Waals surface area (Å²) in [5.41, 5.74) is 0.661. The molecule has 3 rings (SSSR count). The SMILES string of the molecule is Cc1occc1C(=O)NC1(c2cccc(F)c2)CCOCC1. The first-order valence-electron chi connectivity index (χ1n) is 7.31. The molecule has 0 unspecified atom stereocenters. The molecular formula is C17H18FNO3. The van der Waals surface area contributed by atoms with Gasteiger partial charge in [-0.25, -0.2) is 4.39 Å². The van der Waals surface area contributed by atoms with Crippen LogP contribution in [0.15, 0.2) is 41.0 Å². The van der Waals surface area contributed by atoms with Crippen molar-refractivity contribution in [2.45, 2.75) is 25.3 Å². The summed E-state index contributed by atoms with van der Waals surface area (Å²) in [6.45, 7) is 2.80. The second kappa shape index (κ2) is 5.93. The first-order valence-corrected chi connectivity index (χ1v) is 7.31. The van der Waals surface area contributed by atoms with Gasteiger partial charge >= 0.3 is 0 Å². The first kappa shape index (κ1) is 14.8. The number of carbonyl (C=O) groups excluding carboxylic acids is 1. The molecule has 0 radical (unpaired) electrons. The molecule has 4 nitrogen and oxygen atoms in total. The highest BCUT2D eigenvalue weighted by atomic mass is 19.1. The zero-order valence-electron chi connectivity index (χ0n) is 12.4. The van der Waals surface area contributed by atoms with Gasteiger partial charge in [-0.05, 0) is 43.5 Å². The lowest BCUT2D eigenvalue weighted by molar-refractivity contribution is 0.0344. The Labute approximate surface area is 128 Å². The smallest absolute Gasteiger partial charge is 0.255 e. The fourth-order valence-corrected chi connectivity index (χ4v) is 2.90. The highest BCUT2D eigenvalue weighted by molar-refractivity contribution is 5.95. The number of benzene rings is 1. The molecule has 5 heteroatoms. The predicted octanol–water partition coefficient (Wildman–Crippen LogP) is 3.16. The van der Waals surface area contributed by atoms with E-state index in [-0.39, 0.29) is 11.7 Å². The second-order valence-corrected chi connectivity index (χ2v) is 5.55. The second-order valence-electron chi connectivity index (χ2n) is 5.55. The zero-order valence-corrected chi connectivity index (χ0v) is 12.4. The third-order valence-electron chi connectivity index (χ3n) is 4.18. The molecule has 0 bridgehead atoms. The van der Waals surface area contributed by atoms with Gasteiger partial charge in [-0.3, -0.25) is 4.79 Å². The Morgan fingerprint density at radius 2 is 2.05 bits per heavy atom. The van der Waals surface area contributed by atoms with Crippen molar-refractivity contribution < 1.29 is 18.3 Å². The molecule has 0 spiro atoms. The van der Waals surface area contributed by atoms with Crippen LogP contribution in [0, 0.1) is 12.7 Å². The van der Waals surface area contributed by atoms with Gasteiger partial charge in [0.15, 0.2) is 0 Å². The number of rotatable bonds is 3. The Morgan fingerprint density at radius 1 is 1.27 bits per heavy atom. The number of carbonyl (C=O) groups is 1. The van der Waals surface area contributed by atoms with E-state index in [0.29, 0.717) is 37.4 Å². The molecule has 1 N–H and O–H groups in total. The van der Waals surface area contributed by atoms with Gasteiger partial charge in [-0.15, -0.1) is 0 Å². The molecule has 0 saturated carbocycles. The van der Waals surface area contributed by atoms with Crippen molar-refractivity contribution in [3.8, 4) is 0 Å². The maximum Gasteiger partial charge on any atom is 0.255 e. The maximum atomic E-state index is 13.6. The van der Waals surface area contributed by atoms with Crippen LogP contribution >= 0.6 is 0 Å². The van der Waals surface area contributed by atoms with E-state index < -0.39 is 5.54 Å². The number of halogens is 1. The van der Waals surface area contributed by atoms with Crippen molar-refractivity contribution in [3.63, 3.8) is 0 Å². The Morgan fingerprint density at radius 3 is 2.68 bits per heavy atom. The Bertz CT molecular complexity index is 674. The summed E-state index contributed by atoms with van der Waals surface area (Å²) < 4.78 is 24.2. The van der Waals surface area contributed by atoms with E-state index >= 15 is 0 Å². The maximum absolute atomic E-state index is 13.6. The summed E-state index contributed by atoms with van der Waals surface area (Å²) in [7, 11) is 0. The minimum atomic E-state index is -0.610. The normalized spacial score (nSPS) is 17.2. The van der Waals surface area contributed by atoms with E-state index in [2.05, 4.69) is 5.32 Å². The summed E-state index contributed by atoms with van der Waals surface area (Å²) in [6.07, 6.45) is 2.71. The largest absolute Gasteiger partial charge is 0.469 e. The van der Waals surface area contributed by atoms with Crippen LogP contribution in [0.25, 0.3) is 0 Å². The molecule has 0 atom stereocenters. The van der Waals surface area contributed by atoms with E-state index in [1.807, 2.05) is 6.07 Å². The van der Waals surface area contributed by atoms with Crippen LogP contribution in [-0.4, -0.2) is 19.1 Å². The summed E-state index contributed by atoms with van der Waals surface area (Å²) in [4.78, 5) is 12.6. The minimum absolute atomic E-state index is 0.211. The number of aryl methyl sites for hydroxylation is 1. The highest BCUT2D eigenvalue weighted by Crippen LogP contribution is 2.33. The number of furan rings is 1. The topological polar surface area (TPSA) is 51.5 Å². The van der Waals surface area contributed by atoms with Crippen LogP contribution in [0.2, 0.25) is 0 Å². The molecule has 2 aromatic rings. The van der Waals surface area contributed by atoms with Gasteiger partial charge in [0.2, 0.25) is 0 Å². The third kappa shape index (κ3) is 2.76. The van der Waals surface area contributed by atoms with Crippen LogP contribution in [0.4, 0.5) is 4.39 Å². The lowest BCUT2D eigenvalue weighted by atomic mass is 9.82. The van der Waals surface area contributed by atoms with E-state index in [1.54, 1.807) is 19.1 Å². The molecule has 22 heavy (non-hydrogen) atoms. The van der Waals surface area contributed by atoms with Crippen molar-refractivity contribution in [1.82, 2.24) is 5.32 Å². The quantitative estimate of drug-likeness (QED) is 0.947. The Balaban J connectivity index is 1.93. The fourth-order valence-electron chi connectivity index (χ4n) is 2.90. The molecule has 1 aromatic carbocycles. The fraction of sp³-hybridized carbons (Fsp3) is 0.353. The molecule has 1 amide bonds. The predicted molar refractivity (Wildman–Crippen MR) is 79.0 cm³/mol. The van der Waals surface area contributed by atoms with Gasteiger partial charge in [0.25, 0.3) is 5.91 Å². The summed E-state index contributed by atoms with van der Waals surface area (Å²) in [5, 5.41) is 3.07. The van der Waals surface area contributed by atoms with Gasteiger partial charge in [-0.2, -0.15) is 0 Å². The van der Waals surface area contributed by atoms with Gasteiger partial charge in [-0.1, -0.05) is 12.1 Å². The van der Waals surface area contributed by atoms with E-state index in [0.717, 1.165) is 5.56 Å². The Kier molecular flexibility index (Phi) is 3.98. The number of hydrogen-bond acceptors (Lipinski definition) is 3. The summed E-state index contributed by atoms with van der Waals surface area (Å²) >= 11 is 0. The molecule has 1 aliphatic rings. The first-order chi connectivity index (χ1) is 10.6. The third-order valence-corrected chi connectivity index (χ3v) is 4.18. The average molecular weight is 303 g/mol. The van der Waals surface area contributed by atoms with Crippen LogP contribution < -0.4 is 5.32 Å². The monoisotopic (exact) mass is 303 g/mol. The van der Waals surface area contributed by atoms with Gasteiger partial charge in [0, 0.05) is 13.2 Å². The minimum Gasteiger partial charge on any atom is -0.469 e. The van der Waals surface area contributed by atoms with Crippen LogP contribution in [0.1, 0.15) is 34.5 Å². The van der Waals surface area contributed by atoms with Gasteiger partial charge in [0.1, 0.15) is 11.6 Å². The van der Waals surface area contributed by atoms with E-state index in [9.17, 15) is 9.18 Å². The number of ether oxygens (including phenoxy) is 1. The molecule has 1 aromatic heterocycles. The average Bonchev–Trinajstić information content (AvgIpc) is 2.94. The van der Waals surface area contributed by atoms with E-state index in [4.69, 9.17) is 9.15 Å². The number of nitrogens with one attached hydrogen (secondary N) is 1. The Hall–Kier alpha value is -2.14. The molecule has 0 aliphatic carbocycles. The molecule has 1 fully saturated rings. The standard InChI is InChI=1S/C17H18FNO3/c1-12-15(5-8-22-12)16(20)19-17(6-9-21-10-7-17)13-3-2-4-14(18)11-13/h2-5,8,11H,6-7,9-10H2,1H3,(H,19,20). The summed E-state index contributed by atoms with van der Waals surface area (Å²) in [5.74, 6) is 0.0495. The number of hydrogen-bond donors (Lipinski definition) is 1. The lowest BCUT2D eigenvalue weighted by Crippen LogP contribution is -2.49. The highest BCUT2D eigenvalue weighted by Gasteiger charge is 2.36. The van der Waals surface area contributed by atoms with Crippen molar-refractivity contribution in [2.75, 3.05) is 13.2 Å². The molecule has 116 valence electrons. The van der Waals surface area contributed by atoms with E-state index in [1.165, 1.54) is 18.4 Å². The molecular weight excluding hydrogens is 285 g/mol. The molecule has 2 heterocycles. The number of amides is 1. The lowest BCUT2D eigenvalue weighted by Gasteiger charge is -2.38. The van der Waals surface area contributed by atoms with Crippen LogP contribution in [0.3, 0.4) is 0 Å². The van der Waals surface area contributed by atoms with Crippen molar-refractivity contribution >= 4 is 5.91 Å². The molecule has 1 aliphatic heterocycles. The molecule has 1 saturated heterocycles.